The van der Waals surface area contributed by atoms with Crippen molar-refractivity contribution in [1.82, 2.24) is 9.97 Å². The van der Waals surface area contributed by atoms with Crippen LogP contribution in [0.2, 0.25) is 0 Å². The Morgan fingerprint density at radius 3 is 2.33 bits per heavy atom. The van der Waals surface area contributed by atoms with Crippen molar-refractivity contribution in [3.8, 4) is 0 Å². The van der Waals surface area contributed by atoms with Gasteiger partial charge in [0.1, 0.15) is 5.82 Å². The van der Waals surface area contributed by atoms with Gasteiger partial charge in [-0.05, 0) is 43.2 Å². The van der Waals surface area contributed by atoms with E-state index in [1.807, 2.05) is 0 Å². The molecule has 0 saturated carbocycles. The molecule has 21 heavy (non-hydrogen) atoms. The fraction of sp³-hybridized carbons (Fsp3) is 0.312. The predicted octanol–water partition coefficient (Wildman–Crippen LogP) is 2.72. The maximum absolute atomic E-state index is 12.9. The topological polar surface area (TPSA) is 46.1 Å². The van der Waals surface area contributed by atoms with E-state index in [1.165, 1.54) is 12.1 Å². The van der Waals surface area contributed by atoms with E-state index in [-0.39, 0.29) is 17.5 Å². The number of halogens is 1. The molecule has 0 radical (unpaired) electrons. The van der Waals surface area contributed by atoms with Gasteiger partial charge in [0.25, 0.3) is 0 Å². The Bertz CT molecular complexity index is 607. The summed E-state index contributed by atoms with van der Waals surface area (Å²) in [5.41, 5.74) is 0.589. The Labute approximate surface area is 122 Å². The molecule has 2 aromatic rings. The number of benzene rings is 1. The van der Waals surface area contributed by atoms with E-state index < -0.39 is 0 Å². The van der Waals surface area contributed by atoms with Crippen molar-refractivity contribution in [1.29, 1.82) is 0 Å². The average molecular weight is 285 g/mol. The zero-order valence-corrected chi connectivity index (χ0v) is 11.6. The fourth-order valence-corrected chi connectivity index (χ4v) is 2.65. The summed E-state index contributed by atoms with van der Waals surface area (Å²) in [6, 6.07) is 7.57. The monoisotopic (exact) mass is 285 g/mol. The van der Waals surface area contributed by atoms with Crippen LogP contribution in [0.15, 0.2) is 42.7 Å². The minimum Gasteiger partial charge on any atom is -0.341 e. The molecule has 0 amide bonds. The number of piperidine rings is 1. The number of anilines is 1. The first-order chi connectivity index (χ1) is 10.2. The number of Topliss-reactive ketones (excluding diaryl/α,β-unsaturated/α-hetero) is 1. The normalized spacial score (nSPS) is 16.0. The lowest BCUT2D eigenvalue weighted by atomic mass is 9.89. The molecule has 0 unspecified atom stereocenters. The van der Waals surface area contributed by atoms with E-state index in [4.69, 9.17) is 0 Å². The Kier molecular flexibility index (Phi) is 3.90. The van der Waals surface area contributed by atoms with Gasteiger partial charge in [-0.2, -0.15) is 0 Å². The Balaban J connectivity index is 1.63. The van der Waals surface area contributed by atoms with Crippen molar-refractivity contribution in [3.63, 3.8) is 0 Å². The lowest BCUT2D eigenvalue weighted by Crippen LogP contribution is -2.37. The van der Waals surface area contributed by atoms with Crippen LogP contribution in [-0.4, -0.2) is 28.8 Å². The predicted molar refractivity (Wildman–Crippen MR) is 77.7 cm³/mol. The highest BCUT2D eigenvalue weighted by atomic mass is 19.1. The smallest absolute Gasteiger partial charge is 0.225 e. The van der Waals surface area contributed by atoms with E-state index in [9.17, 15) is 9.18 Å². The molecular weight excluding hydrogens is 269 g/mol. The van der Waals surface area contributed by atoms with Crippen LogP contribution in [0, 0.1) is 11.7 Å². The van der Waals surface area contributed by atoms with Crippen LogP contribution in [0.25, 0.3) is 0 Å². The number of carbonyl (C=O) groups excluding carboxylic acids is 1. The third kappa shape index (κ3) is 3.07. The first-order valence-electron chi connectivity index (χ1n) is 7.06. The van der Waals surface area contributed by atoms with E-state index >= 15 is 0 Å². The van der Waals surface area contributed by atoms with Gasteiger partial charge in [0.15, 0.2) is 5.78 Å². The van der Waals surface area contributed by atoms with Gasteiger partial charge in [0.2, 0.25) is 5.95 Å². The number of hydrogen-bond acceptors (Lipinski definition) is 4. The minimum absolute atomic E-state index is 0.00424. The van der Waals surface area contributed by atoms with Gasteiger partial charge in [-0.3, -0.25) is 4.79 Å². The first-order valence-corrected chi connectivity index (χ1v) is 7.06. The molecule has 1 saturated heterocycles. The highest BCUT2D eigenvalue weighted by molar-refractivity contribution is 5.97. The van der Waals surface area contributed by atoms with Crippen molar-refractivity contribution in [2.75, 3.05) is 18.0 Å². The zero-order chi connectivity index (χ0) is 14.7. The van der Waals surface area contributed by atoms with Crippen LogP contribution in [-0.2, 0) is 0 Å². The number of ketones is 1. The SMILES string of the molecule is O=C(c1ccc(F)cc1)C1CCN(c2ncccn2)CC1. The molecule has 0 bridgehead atoms. The van der Waals surface area contributed by atoms with Crippen LogP contribution < -0.4 is 4.90 Å². The van der Waals surface area contributed by atoms with Gasteiger partial charge >= 0.3 is 0 Å². The van der Waals surface area contributed by atoms with Gasteiger partial charge in [0, 0.05) is 37.0 Å². The number of carbonyl (C=O) groups is 1. The second-order valence-corrected chi connectivity index (χ2v) is 5.18. The molecule has 0 aliphatic carbocycles. The molecule has 0 atom stereocenters. The van der Waals surface area contributed by atoms with Crippen molar-refractivity contribution >= 4 is 11.7 Å². The summed E-state index contributed by atoms with van der Waals surface area (Å²) in [6.07, 6.45) is 4.99. The van der Waals surface area contributed by atoms with Crippen molar-refractivity contribution in [3.05, 3.63) is 54.1 Å². The summed E-state index contributed by atoms with van der Waals surface area (Å²) in [4.78, 5) is 22.9. The van der Waals surface area contributed by atoms with E-state index in [0.29, 0.717) is 11.5 Å². The molecule has 0 N–H and O–H groups in total. The third-order valence-electron chi connectivity index (χ3n) is 3.83. The van der Waals surface area contributed by atoms with E-state index in [1.54, 1.807) is 30.6 Å². The second kappa shape index (κ2) is 5.99. The van der Waals surface area contributed by atoms with Gasteiger partial charge < -0.3 is 4.90 Å². The lowest BCUT2D eigenvalue weighted by Gasteiger charge is -2.31. The van der Waals surface area contributed by atoms with Crippen LogP contribution in [0.4, 0.5) is 10.3 Å². The molecule has 108 valence electrons. The Morgan fingerprint density at radius 2 is 1.71 bits per heavy atom. The van der Waals surface area contributed by atoms with Crippen LogP contribution in [0.1, 0.15) is 23.2 Å². The van der Waals surface area contributed by atoms with E-state index in [2.05, 4.69) is 14.9 Å². The van der Waals surface area contributed by atoms with Gasteiger partial charge in [0.05, 0.1) is 0 Å². The quantitative estimate of drug-likeness (QED) is 0.813. The van der Waals surface area contributed by atoms with Gasteiger partial charge in [-0.15, -0.1) is 0 Å². The summed E-state index contributed by atoms with van der Waals surface area (Å²) in [5, 5.41) is 0. The molecule has 2 heterocycles. The summed E-state index contributed by atoms with van der Waals surface area (Å²) >= 11 is 0. The summed E-state index contributed by atoms with van der Waals surface area (Å²) in [7, 11) is 0. The molecule has 1 aliphatic rings. The Morgan fingerprint density at radius 1 is 1.10 bits per heavy atom. The summed E-state index contributed by atoms with van der Waals surface area (Å²) < 4.78 is 12.9. The molecule has 1 aromatic carbocycles. The van der Waals surface area contributed by atoms with Crippen LogP contribution >= 0.6 is 0 Å². The maximum atomic E-state index is 12.9. The molecule has 1 fully saturated rings. The van der Waals surface area contributed by atoms with E-state index in [0.717, 1.165) is 25.9 Å². The van der Waals surface area contributed by atoms with Crippen molar-refractivity contribution in [2.24, 2.45) is 5.92 Å². The molecule has 1 aliphatic heterocycles. The van der Waals surface area contributed by atoms with Crippen molar-refractivity contribution < 1.29 is 9.18 Å². The standard InChI is InChI=1S/C16H16FN3O/c17-14-4-2-12(3-5-14)15(21)13-6-10-20(11-7-13)16-18-8-1-9-19-16/h1-5,8-9,13H,6-7,10-11H2. The Hall–Kier alpha value is -2.30. The maximum Gasteiger partial charge on any atom is 0.225 e. The van der Waals surface area contributed by atoms with Crippen LogP contribution in [0.5, 0.6) is 0 Å². The van der Waals surface area contributed by atoms with Gasteiger partial charge in [-0.1, -0.05) is 0 Å². The third-order valence-corrected chi connectivity index (χ3v) is 3.83. The number of hydrogen-bond donors (Lipinski definition) is 0. The zero-order valence-electron chi connectivity index (χ0n) is 11.6. The molecular formula is C16H16FN3O. The molecule has 1 aromatic heterocycles. The second-order valence-electron chi connectivity index (χ2n) is 5.18. The highest BCUT2D eigenvalue weighted by Crippen LogP contribution is 2.23. The van der Waals surface area contributed by atoms with Crippen molar-refractivity contribution in [2.45, 2.75) is 12.8 Å². The molecule has 0 spiro atoms. The molecule has 5 heteroatoms. The van der Waals surface area contributed by atoms with Crippen LogP contribution in [0.3, 0.4) is 0 Å². The average Bonchev–Trinajstić information content (AvgIpc) is 2.56. The highest BCUT2D eigenvalue weighted by Gasteiger charge is 2.26. The lowest BCUT2D eigenvalue weighted by molar-refractivity contribution is 0.0900. The number of rotatable bonds is 3. The fourth-order valence-electron chi connectivity index (χ4n) is 2.65. The molecule has 4 nitrogen and oxygen atoms in total. The number of aromatic nitrogens is 2. The summed E-state index contributed by atoms with van der Waals surface area (Å²) in [5.74, 6) is 0.492. The van der Waals surface area contributed by atoms with Gasteiger partial charge in [-0.25, -0.2) is 14.4 Å². The largest absolute Gasteiger partial charge is 0.341 e. The number of nitrogens with zero attached hydrogens (tertiary/aromatic N) is 3. The first kappa shape index (κ1) is 13.7. The minimum atomic E-state index is -0.317. The summed E-state index contributed by atoms with van der Waals surface area (Å²) in [6.45, 7) is 1.53. The molecule has 3 rings (SSSR count).